The van der Waals surface area contributed by atoms with Crippen molar-refractivity contribution in [2.24, 2.45) is 11.1 Å². The predicted octanol–water partition coefficient (Wildman–Crippen LogP) is 1.36. The summed E-state index contributed by atoms with van der Waals surface area (Å²) in [6.45, 7) is 7.65. The van der Waals surface area contributed by atoms with Gasteiger partial charge in [0.2, 0.25) is 5.91 Å². The summed E-state index contributed by atoms with van der Waals surface area (Å²) in [4.78, 5) is 13.5. The SMILES string of the molecule is CCN(CC(C)(C)CN)C(C)C(=O)NCC(F)(F)F. The number of carbonyl (C=O) groups excluding carboxylic acids is 1. The second kappa shape index (κ2) is 7.09. The second-order valence-corrected chi connectivity index (χ2v) is 5.44. The molecule has 0 aromatic carbocycles. The van der Waals surface area contributed by atoms with E-state index in [0.29, 0.717) is 19.6 Å². The van der Waals surface area contributed by atoms with Crippen LogP contribution in [0, 0.1) is 5.41 Å². The lowest BCUT2D eigenvalue weighted by Gasteiger charge is -2.34. The average Bonchev–Trinajstić information content (AvgIpc) is 2.31. The number of hydrogen-bond acceptors (Lipinski definition) is 3. The molecule has 4 nitrogen and oxygen atoms in total. The Kier molecular flexibility index (Phi) is 6.79. The third-order valence-corrected chi connectivity index (χ3v) is 2.98. The zero-order valence-corrected chi connectivity index (χ0v) is 12.0. The molecule has 7 heteroatoms. The van der Waals surface area contributed by atoms with Crippen LogP contribution in [0.2, 0.25) is 0 Å². The maximum atomic E-state index is 12.0. The molecule has 3 N–H and O–H groups in total. The summed E-state index contributed by atoms with van der Waals surface area (Å²) in [5.41, 5.74) is 5.44. The van der Waals surface area contributed by atoms with Crippen LogP contribution >= 0.6 is 0 Å². The van der Waals surface area contributed by atoms with Gasteiger partial charge < -0.3 is 11.1 Å². The van der Waals surface area contributed by atoms with Crippen molar-refractivity contribution in [2.75, 3.05) is 26.2 Å². The molecule has 0 rings (SSSR count). The van der Waals surface area contributed by atoms with Gasteiger partial charge in [0.1, 0.15) is 6.54 Å². The van der Waals surface area contributed by atoms with Crippen LogP contribution in [0.15, 0.2) is 0 Å². The molecular weight excluding hydrogens is 259 g/mol. The molecule has 0 heterocycles. The molecule has 0 bridgehead atoms. The van der Waals surface area contributed by atoms with Crippen LogP contribution in [0.25, 0.3) is 0 Å². The zero-order valence-electron chi connectivity index (χ0n) is 12.0. The minimum absolute atomic E-state index is 0.186. The van der Waals surface area contributed by atoms with Gasteiger partial charge >= 0.3 is 6.18 Å². The molecule has 0 saturated carbocycles. The van der Waals surface area contributed by atoms with Crippen molar-refractivity contribution >= 4 is 5.91 Å². The molecule has 1 amide bonds. The molecule has 1 unspecified atom stereocenters. The Bertz CT molecular complexity index is 292. The van der Waals surface area contributed by atoms with Gasteiger partial charge in [0, 0.05) is 6.54 Å². The van der Waals surface area contributed by atoms with Crippen LogP contribution in [0.4, 0.5) is 13.2 Å². The number of nitrogens with one attached hydrogen (secondary N) is 1. The van der Waals surface area contributed by atoms with Crippen molar-refractivity contribution in [1.82, 2.24) is 10.2 Å². The van der Waals surface area contributed by atoms with E-state index in [0.717, 1.165) is 0 Å². The van der Waals surface area contributed by atoms with Crippen LogP contribution in [-0.4, -0.2) is 49.2 Å². The highest BCUT2D eigenvalue weighted by Crippen LogP contribution is 2.17. The predicted molar refractivity (Wildman–Crippen MR) is 68.6 cm³/mol. The topological polar surface area (TPSA) is 58.4 Å². The Morgan fingerprint density at radius 1 is 1.37 bits per heavy atom. The normalized spacial score (nSPS) is 14.6. The molecule has 19 heavy (non-hydrogen) atoms. The van der Waals surface area contributed by atoms with Crippen molar-refractivity contribution in [3.8, 4) is 0 Å². The largest absolute Gasteiger partial charge is 0.405 e. The van der Waals surface area contributed by atoms with E-state index in [1.54, 1.807) is 6.92 Å². The summed E-state index contributed by atoms with van der Waals surface area (Å²) in [5, 5.41) is 1.90. The van der Waals surface area contributed by atoms with Gasteiger partial charge in [0.05, 0.1) is 6.04 Å². The highest BCUT2D eigenvalue weighted by atomic mass is 19.4. The molecule has 0 spiro atoms. The summed E-state index contributed by atoms with van der Waals surface area (Å²) >= 11 is 0. The van der Waals surface area contributed by atoms with E-state index < -0.39 is 24.7 Å². The van der Waals surface area contributed by atoms with Crippen molar-refractivity contribution in [3.05, 3.63) is 0 Å². The molecule has 0 aromatic heterocycles. The van der Waals surface area contributed by atoms with Crippen LogP contribution in [0.3, 0.4) is 0 Å². The van der Waals surface area contributed by atoms with Gasteiger partial charge in [0.25, 0.3) is 0 Å². The summed E-state index contributed by atoms with van der Waals surface area (Å²) < 4.78 is 36.1. The Hall–Kier alpha value is -0.820. The van der Waals surface area contributed by atoms with Gasteiger partial charge in [-0.15, -0.1) is 0 Å². The third kappa shape index (κ3) is 7.37. The minimum Gasteiger partial charge on any atom is -0.346 e. The van der Waals surface area contributed by atoms with Crippen LogP contribution in [-0.2, 0) is 4.79 Å². The lowest BCUT2D eigenvalue weighted by molar-refractivity contribution is -0.141. The number of alkyl halides is 3. The van der Waals surface area contributed by atoms with E-state index in [1.807, 2.05) is 31.0 Å². The van der Waals surface area contributed by atoms with Crippen molar-refractivity contribution in [2.45, 2.75) is 39.9 Å². The van der Waals surface area contributed by atoms with Crippen molar-refractivity contribution in [1.29, 1.82) is 0 Å². The Morgan fingerprint density at radius 2 is 1.89 bits per heavy atom. The van der Waals surface area contributed by atoms with E-state index >= 15 is 0 Å². The molecular formula is C12H24F3N3O. The smallest absolute Gasteiger partial charge is 0.346 e. The molecule has 0 fully saturated rings. The molecule has 0 aliphatic rings. The lowest BCUT2D eigenvalue weighted by Crippen LogP contribution is -2.50. The fourth-order valence-corrected chi connectivity index (χ4v) is 1.64. The maximum Gasteiger partial charge on any atom is 0.405 e. The van der Waals surface area contributed by atoms with E-state index in [-0.39, 0.29) is 5.41 Å². The molecule has 0 aliphatic heterocycles. The lowest BCUT2D eigenvalue weighted by atomic mass is 9.92. The number of amides is 1. The highest BCUT2D eigenvalue weighted by molar-refractivity contribution is 5.81. The van der Waals surface area contributed by atoms with Crippen molar-refractivity contribution in [3.63, 3.8) is 0 Å². The molecule has 0 radical (unpaired) electrons. The molecule has 114 valence electrons. The second-order valence-electron chi connectivity index (χ2n) is 5.44. The number of nitrogens with two attached hydrogens (primary N) is 1. The summed E-state index contributed by atoms with van der Waals surface area (Å²) in [6.07, 6.45) is -4.39. The average molecular weight is 283 g/mol. The maximum absolute atomic E-state index is 12.0. The summed E-state index contributed by atoms with van der Waals surface area (Å²) in [7, 11) is 0. The Balaban J connectivity index is 4.50. The first-order valence-corrected chi connectivity index (χ1v) is 6.31. The first-order valence-electron chi connectivity index (χ1n) is 6.31. The number of halogens is 3. The number of carbonyl (C=O) groups is 1. The van der Waals surface area contributed by atoms with Crippen LogP contribution in [0.5, 0.6) is 0 Å². The highest BCUT2D eigenvalue weighted by Gasteiger charge is 2.31. The zero-order chi connectivity index (χ0) is 15.3. The molecule has 0 aromatic rings. The van der Waals surface area contributed by atoms with E-state index in [9.17, 15) is 18.0 Å². The molecule has 0 aliphatic carbocycles. The number of likely N-dealkylation sites (N-methyl/N-ethyl adjacent to an activating group) is 1. The Labute approximate surface area is 112 Å². The number of rotatable bonds is 7. The summed E-state index contributed by atoms with van der Waals surface area (Å²) in [6, 6.07) is -0.613. The standard InChI is InChI=1S/C12H24F3N3O/c1-5-18(8-11(3,4)6-16)9(2)10(19)17-7-12(13,14)15/h9H,5-8,16H2,1-4H3,(H,17,19). The molecule has 1 atom stereocenters. The van der Waals surface area contributed by atoms with E-state index in [2.05, 4.69) is 0 Å². The monoisotopic (exact) mass is 283 g/mol. The van der Waals surface area contributed by atoms with Crippen LogP contribution in [0.1, 0.15) is 27.7 Å². The van der Waals surface area contributed by atoms with Gasteiger partial charge in [-0.05, 0) is 25.4 Å². The van der Waals surface area contributed by atoms with E-state index in [1.165, 1.54) is 0 Å². The number of nitrogens with zero attached hydrogens (tertiary/aromatic N) is 1. The van der Waals surface area contributed by atoms with Crippen LogP contribution < -0.4 is 11.1 Å². The molecule has 0 saturated heterocycles. The van der Waals surface area contributed by atoms with Gasteiger partial charge in [-0.25, -0.2) is 0 Å². The fourth-order valence-electron chi connectivity index (χ4n) is 1.64. The Morgan fingerprint density at radius 3 is 2.26 bits per heavy atom. The minimum atomic E-state index is -4.39. The van der Waals surface area contributed by atoms with Gasteiger partial charge in [0.15, 0.2) is 0 Å². The van der Waals surface area contributed by atoms with Gasteiger partial charge in [-0.3, -0.25) is 9.69 Å². The van der Waals surface area contributed by atoms with Gasteiger partial charge in [-0.2, -0.15) is 13.2 Å². The first kappa shape index (κ1) is 18.2. The van der Waals surface area contributed by atoms with E-state index in [4.69, 9.17) is 5.73 Å². The number of hydrogen-bond donors (Lipinski definition) is 2. The fraction of sp³-hybridized carbons (Fsp3) is 0.917. The summed E-state index contributed by atoms with van der Waals surface area (Å²) in [5.74, 6) is -0.619. The third-order valence-electron chi connectivity index (χ3n) is 2.98. The first-order chi connectivity index (χ1) is 8.52. The van der Waals surface area contributed by atoms with Crippen molar-refractivity contribution < 1.29 is 18.0 Å². The quantitative estimate of drug-likeness (QED) is 0.742. The van der Waals surface area contributed by atoms with Gasteiger partial charge in [-0.1, -0.05) is 20.8 Å².